The SMILES string of the molecule is O=C(Nc1cccc2cnccc12)NC1CC2(CCC2)Oc2c(O)cccc21. The van der Waals surface area contributed by atoms with E-state index in [9.17, 15) is 9.90 Å². The number of aromatic hydroxyl groups is 1. The predicted octanol–water partition coefficient (Wildman–Crippen LogP) is 4.51. The van der Waals surface area contributed by atoms with Gasteiger partial charge < -0.3 is 20.5 Å². The highest BCUT2D eigenvalue weighted by Gasteiger charge is 2.46. The quantitative estimate of drug-likeness (QED) is 0.615. The number of hydrogen-bond acceptors (Lipinski definition) is 4. The Bertz CT molecular complexity index is 1060. The molecule has 0 radical (unpaired) electrons. The number of amides is 2. The molecule has 142 valence electrons. The van der Waals surface area contributed by atoms with E-state index in [4.69, 9.17) is 4.74 Å². The molecule has 2 aromatic carbocycles. The number of hydrogen-bond donors (Lipinski definition) is 3. The molecule has 3 N–H and O–H groups in total. The number of pyridine rings is 1. The number of phenols is 1. The fourth-order valence-electron chi connectivity index (χ4n) is 4.22. The molecule has 3 aromatic rings. The van der Waals surface area contributed by atoms with Gasteiger partial charge in [-0.3, -0.25) is 4.98 Å². The summed E-state index contributed by atoms with van der Waals surface area (Å²) in [7, 11) is 0. The second-order valence-electron chi connectivity index (χ2n) is 7.59. The maximum Gasteiger partial charge on any atom is 0.319 e. The van der Waals surface area contributed by atoms with Crippen LogP contribution in [-0.4, -0.2) is 21.7 Å². The second-order valence-corrected chi connectivity index (χ2v) is 7.59. The van der Waals surface area contributed by atoms with Crippen molar-refractivity contribution in [3.8, 4) is 11.5 Å². The number of nitrogens with zero attached hydrogens (tertiary/aromatic N) is 1. The molecule has 6 nitrogen and oxygen atoms in total. The van der Waals surface area contributed by atoms with E-state index in [0.717, 1.165) is 41.3 Å². The van der Waals surface area contributed by atoms with Gasteiger partial charge in [-0.2, -0.15) is 0 Å². The molecule has 2 aliphatic rings. The fraction of sp³-hybridized carbons (Fsp3) is 0.273. The van der Waals surface area contributed by atoms with Crippen LogP contribution >= 0.6 is 0 Å². The first-order valence-electron chi connectivity index (χ1n) is 9.55. The second kappa shape index (κ2) is 6.41. The van der Waals surface area contributed by atoms with Crippen molar-refractivity contribution >= 4 is 22.5 Å². The molecular formula is C22H21N3O3. The van der Waals surface area contributed by atoms with E-state index in [1.54, 1.807) is 24.5 Å². The average molecular weight is 375 g/mol. The number of anilines is 1. The summed E-state index contributed by atoms with van der Waals surface area (Å²) in [5, 5.41) is 18.2. The molecule has 1 atom stereocenters. The third-order valence-electron chi connectivity index (χ3n) is 5.79. The van der Waals surface area contributed by atoms with Gasteiger partial charge in [-0.25, -0.2) is 4.79 Å². The number of para-hydroxylation sites is 1. The van der Waals surface area contributed by atoms with Gasteiger partial charge in [0.05, 0.1) is 11.7 Å². The smallest absolute Gasteiger partial charge is 0.319 e. The highest BCUT2D eigenvalue weighted by atomic mass is 16.5. The van der Waals surface area contributed by atoms with Gasteiger partial charge in [-0.05, 0) is 37.5 Å². The Balaban J connectivity index is 1.41. The standard InChI is InChI=1S/C22H21N3O3/c26-19-7-2-5-16-18(12-22(9-3-10-22)28-20(16)19)25-21(27)24-17-6-1-4-14-13-23-11-8-15(14)17/h1-2,4-8,11,13,18,26H,3,9-10,12H2,(H2,24,25,27). The molecule has 1 unspecified atom stereocenters. The van der Waals surface area contributed by atoms with Gasteiger partial charge in [0.2, 0.25) is 0 Å². The van der Waals surface area contributed by atoms with Gasteiger partial charge in [0.15, 0.2) is 11.5 Å². The maximum absolute atomic E-state index is 12.8. The first-order chi connectivity index (χ1) is 13.6. The van der Waals surface area contributed by atoms with Crippen molar-refractivity contribution < 1.29 is 14.6 Å². The van der Waals surface area contributed by atoms with Crippen LogP contribution < -0.4 is 15.4 Å². The molecular weight excluding hydrogens is 354 g/mol. The molecule has 2 heterocycles. The summed E-state index contributed by atoms with van der Waals surface area (Å²) in [6.45, 7) is 0. The number of aromatic nitrogens is 1. The summed E-state index contributed by atoms with van der Waals surface area (Å²) in [6, 6.07) is 12.4. The number of fused-ring (bicyclic) bond motifs is 2. The van der Waals surface area contributed by atoms with Crippen molar-refractivity contribution in [3.63, 3.8) is 0 Å². The van der Waals surface area contributed by atoms with E-state index >= 15 is 0 Å². The highest BCUT2D eigenvalue weighted by Crippen LogP contribution is 2.51. The van der Waals surface area contributed by atoms with Gasteiger partial charge in [-0.15, -0.1) is 0 Å². The van der Waals surface area contributed by atoms with E-state index in [1.807, 2.05) is 30.3 Å². The summed E-state index contributed by atoms with van der Waals surface area (Å²) in [4.78, 5) is 16.9. The number of nitrogens with one attached hydrogen (secondary N) is 2. The van der Waals surface area contributed by atoms with Crippen LogP contribution in [0.3, 0.4) is 0 Å². The summed E-state index contributed by atoms with van der Waals surface area (Å²) < 4.78 is 6.15. The Morgan fingerprint density at radius 1 is 1.18 bits per heavy atom. The van der Waals surface area contributed by atoms with Gasteiger partial charge in [0, 0.05) is 35.2 Å². The van der Waals surface area contributed by atoms with E-state index < -0.39 is 0 Å². The molecule has 1 aliphatic carbocycles. The monoisotopic (exact) mass is 375 g/mol. The fourth-order valence-corrected chi connectivity index (χ4v) is 4.22. The third kappa shape index (κ3) is 2.81. The van der Waals surface area contributed by atoms with Crippen LogP contribution in [0.5, 0.6) is 11.5 Å². The predicted molar refractivity (Wildman–Crippen MR) is 107 cm³/mol. The lowest BCUT2D eigenvalue weighted by molar-refractivity contribution is -0.0372. The van der Waals surface area contributed by atoms with Crippen LogP contribution in [0, 0.1) is 0 Å². The van der Waals surface area contributed by atoms with Crippen LogP contribution in [0.2, 0.25) is 0 Å². The summed E-state index contributed by atoms with van der Waals surface area (Å²) in [5.41, 5.74) is 1.27. The van der Waals surface area contributed by atoms with Crippen molar-refractivity contribution in [1.29, 1.82) is 0 Å². The van der Waals surface area contributed by atoms with Crippen molar-refractivity contribution in [1.82, 2.24) is 10.3 Å². The Morgan fingerprint density at radius 3 is 2.86 bits per heavy atom. The molecule has 1 saturated carbocycles. The minimum atomic E-state index is -0.283. The zero-order valence-corrected chi connectivity index (χ0v) is 15.3. The molecule has 1 spiro atoms. The lowest BCUT2D eigenvalue weighted by Gasteiger charge is -2.48. The lowest BCUT2D eigenvalue weighted by Crippen LogP contribution is -2.50. The lowest BCUT2D eigenvalue weighted by atomic mass is 9.73. The van der Waals surface area contributed by atoms with Crippen molar-refractivity contribution in [2.45, 2.75) is 37.3 Å². The number of urea groups is 1. The molecule has 2 amide bonds. The molecule has 1 fully saturated rings. The number of carbonyl (C=O) groups excluding carboxylic acids is 1. The minimum absolute atomic E-state index is 0.122. The Morgan fingerprint density at radius 2 is 2.04 bits per heavy atom. The molecule has 0 saturated heterocycles. The number of rotatable bonds is 2. The molecule has 28 heavy (non-hydrogen) atoms. The number of carbonyl (C=O) groups is 1. The van der Waals surface area contributed by atoms with E-state index in [1.165, 1.54) is 0 Å². The van der Waals surface area contributed by atoms with Gasteiger partial charge >= 0.3 is 6.03 Å². The minimum Gasteiger partial charge on any atom is -0.504 e. The van der Waals surface area contributed by atoms with Gasteiger partial charge in [0.1, 0.15) is 5.60 Å². The molecule has 1 aliphatic heterocycles. The molecule has 6 heteroatoms. The topological polar surface area (TPSA) is 83.5 Å². The summed E-state index contributed by atoms with van der Waals surface area (Å²) in [5.74, 6) is 0.618. The zero-order valence-electron chi connectivity index (χ0n) is 15.3. The van der Waals surface area contributed by atoms with Crippen LogP contribution in [0.25, 0.3) is 10.8 Å². The van der Waals surface area contributed by atoms with Crippen LogP contribution in [0.4, 0.5) is 10.5 Å². The van der Waals surface area contributed by atoms with E-state index in [-0.39, 0.29) is 23.4 Å². The first kappa shape index (κ1) is 16.9. The van der Waals surface area contributed by atoms with Crippen molar-refractivity contribution in [3.05, 3.63) is 60.4 Å². The molecule has 1 aromatic heterocycles. The van der Waals surface area contributed by atoms with Crippen LogP contribution in [0.15, 0.2) is 54.9 Å². The first-order valence-corrected chi connectivity index (χ1v) is 9.55. The largest absolute Gasteiger partial charge is 0.504 e. The number of phenolic OH excluding ortho intramolecular Hbond substituents is 1. The van der Waals surface area contributed by atoms with Gasteiger partial charge in [-0.1, -0.05) is 24.3 Å². The van der Waals surface area contributed by atoms with E-state index in [2.05, 4.69) is 15.6 Å². The van der Waals surface area contributed by atoms with Gasteiger partial charge in [0.25, 0.3) is 0 Å². The molecule has 0 bridgehead atoms. The normalized spacial score (nSPS) is 19.4. The number of benzene rings is 2. The maximum atomic E-state index is 12.8. The molecule has 5 rings (SSSR count). The average Bonchev–Trinajstić information content (AvgIpc) is 2.67. The van der Waals surface area contributed by atoms with E-state index in [0.29, 0.717) is 12.2 Å². The zero-order chi connectivity index (χ0) is 19.1. The Hall–Kier alpha value is -3.28. The Kier molecular flexibility index (Phi) is 3.86. The number of ether oxygens (including phenoxy) is 1. The van der Waals surface area contributed by atoms with Crippen LogP contribution in [-0.2, 0) is 0 Å². The third-order valence-corrected chi connectivity index (χ3v) is 5.79. The Labute approximate surface area is 162 Å². The summed E-state index contributed by atoms with van der Waals surface area (Å²) in [6.07, 6.45) is 7.18. The van der Waals surface area contributed by atoms with Crippen LogP contribution in [0.1, 0.15) is 37.3 Å². The summed E-state index contributed by atoms with van der Waals surface area (Å²) >= 11 is 0. The van der Waals surface area contributed by atoms with Crippen molar-refractivity contribution in [2.75, 3.05) is 5.32 Å². The van der Waals surface area contributed by atoms with Crippen molar-refractivity contribution in [2.24, 2.45) is 0 Å². The highest BCUT2D eigenvalue weighted by molar-refractivity contribution is 6.01.